The Morgan fingerprint density at radius 3 is 2.82 bits per heavy atom. The minimum atomic E-state index is 0.563. The SMILES string of the molecule is Nc1ncccc1Cc1cc2ccccc2o1. The number of rotatable bonds is 2. The number of pyridine rings is 1. The molecule has 1 aromatic carbocycles. The number of nitrogens with zero attached hydrogens (tertiary/aromatic N) is 1. The summed E-state index contributed by atoms with van der Waals surface area (Å²) in [6, 6.07) is 13.9. The molecule has 0 aliphatic rings. The summed E-state index contributed by atoms with van der Waals surface area (Å²) in [5.74, 6) is 1.47. The lowest BCUT2D eigenvalue weighted by Crippen LogP contribution is -1.97. The van der Waals surface area contributed by atoms with Gasteiger partial charge in [-0.25, -0.2) is 4.98 Å². The highest BCUT2D eigenvalue weighted by Crippen LogP contribution is 2.22. The van der Waals surface area contributed by atoms with Crippen molar-refractivity contribution in [2.75, 3.05) is 5.73 Å². The Kier molecular flexibility index (Phi) is 2.29. The molecule has 0 bridgehead atoms. The van der Waals surface area contributed by atoms with Crippen LogP contribution in [0.4, 0.5) is 5.82 Å². The molecule has 0 fully saturated rings. The molecule has 0 aliphatic heterocycles. The third-order valence-electron chi connectivity index (χ3n) is 2.77. The molecule has 2 N–H and O–H groups in total. The van der Waals surface area contributed by atoms with Gasteiger partial charge < -0.3 is 10.2 Å². The number of aromatic nitrogens is 1. The molecule has 3 heteroatoms. The number of para-hydroxylation sites is 1. The topological polar surface area (TPSA) is 52.0 Å². The Labute approximate surface area is 98.9 Å². The van der Waals surface area contributed by atoms with Crippen molar-refractivity contribution in [2.24, 2.45) is 0 Å². The molecule has 0 unspecified atom stereocenters. The van der Waals surface area contributed by atoms with Crippen LogP contribution in [-0.2, 0) is 6.42 Å². The standard InChI is InChI=1S/C14H12N2O/c15-14-11(5-3-7-16-14)9-12-8-10-4-1-2-6-13(10)17-12/h1-8H,9H2,(H2,15,16). The maximum Gasteiger partial charge on any atom is 0.134 e. The van der Waals surface area contributed by atoms with E-state index in [9.17, 15) is 0 Å². The normalized spacial score (nSPS) is 10.8. The molecule has 2 aromatic heterocycles. The quantitative estimate of drug-likeness (QED) is 0.728. The number of benzene rings is 1. The Hall–Kier alpha value is -2.29. The lowest BCUT2D eigenvalue weighted by molar-refractivity contribution is 0.563. The van der Waals surface area contributed by atoms with E-state index in [4.69, 9.17) is 10.2 Å². The Morgan fingerprint density at radius 1 is 1.12 bits per heavy atom. The van der Waals surface area contributed by atoms with Crippen molar-refractivity contribution in [1.82, 2.24) is 4.98 Å². The minimum absolute atomic E-state index is 0.563. The predicted octanol–water partition coefficient (Wildman–Crippen LogP) is 3.00. The predicted molar refractivity (Wildman–Crippen MR) is 67.7 cm³/mol. The highest BCUT2D eigenvalue weighted by molar-refractivity contribution is 5.77. The molecule has 0 saturated heterocycles. The fourth-order valence-electron chi connectivity index (χ4n) is 1.91. The molecule has 2 heterocycles. The number of furan rings is 1. The third-order valence-corrected chi connectivity index (χ3v) is 2.77. The first-order valence-corrected chi connectivity index (χ1v) is 5.50. The first-order chi connectivity index (χ1) is 8.33. The summed E-state index contributed by atoms with van der Waals surface area (Å²) in [6.45, 7) is 0. The van der Waals surface area contributed by atoms with Gasteiger partial charge in [0.15, 0.2) is 0 Å². The van der Waals surface area contributed by atoms with Crippen molar-refractivity contribution >= 4 is 16.8 Å². The lowest BCUT2D eigenvalue weighted by Gasteiger charge is -2.00. The zero-order valence-corrected chi connectivity index (χ0v) is 9.26. The van der Waals surface area contributed by atoms with Crippen molar-refractivity contribution < 1.29 is 4.42 Å². The molecule has 0 atom stereocenters. The van der Waals surface area contributed by atoms with Gasteiger partial charge >= 0.3 is 0 Å². The van der Waals surface area contributed by atoms with E-state index in [1.165, 1.54) is 0 Å². The van der Waals surface area contributed by atoms with Crippen LogP contribution in [0, 0.1) is 0 Å². The summed E-state index contributed by atoms with van der Waals surface area (Å²) in [4.78, 5) is 4.07. The van der Waals surface area contributed by atoms with Gasteiger partial charge in [0.2, 0.25) is 0 Å². The third kappa shape index (κ3) is 1.87. The molecule has 3 rings (SSSR count). The zero-order chi connectivity index (χ0) is 11.7. The number of hydrogen-bond donors (Lipinski definition) is 1. The van der Waals surface area contributed by atoms with E-state index in [1.807, 2.05) is 42.5 Å². The van der Waals surface area contributed by atoms with Crippen LogP contribution in [0.25, 0.3) is 11.0 Å². The van der Waals surface area contributed by atoms with Crippen molar-refractivity contribution in [1.29, 1.82) is 0 Å². The van der Waals surface area contributed by atoms with E-state index in [0.29, 0.717) is 12.2 Å². The maximum atomic E-state index is 5.81. The van der Waals surface area contributed by atoms with E-state index in [1.54, 1.807) is 6.20 Å². The van der Waals surface area contributed by atoms with Gasteiger partial charge in [0.25, 0.3) is 0 Å². The van der Waals surface area contributed by atoms with Gasteiger partial charge in [-0.05, 0) is 18.2 Å². The maximum absolute atomic E-state index is 5.81. The molecule has 0 saturated carbocycles. The van der Waals surface area contributed by atoms with Gasteiger partial charge in [0.1, 0.15) is 17.2 Å². The molecule has 3 nitrogen and oxygen atoms in total. The van der Waals surface area contributed by atoms with Crippen LogP contribution in [0.1, 0.15) is 11.3 Å². The molecule has 84 valence electrons. The van der Waals surface area contributed by atoms with E-state index in [-0.39, 0.29) is 0 Å². The number of nitrogen functional groups attached to an aromatic ring is 1. The Morgan fingerprint density at radius 2 is 2.00 bits per heavy atom. The molecule has 0 aliphatic carbocycles. The average Bonchev–Trinajstić information content (AvgIpc) is 2.74. The van der Waals surface area contributed by atoms with Crippen LogP contribution in [0.3, 0.4) is 0 Å². The van der Waals surface area contributed by atoms with Crippen LogP contribution in [0.15, 0.2) is 53.1 Å². The molecule has 3 aromatic rings. The van der Waals surface area contributed by atoms with Crippen molar-refractivity contribution in [2.45, 2.75) is 6.42 Å². The first kappa shape index (κ1) is 9.90. The Bertz CT molecular complexity index is 625. The van der Waals surface area contributed by atoms with Crippen LogP contribution >= 0.6 is 0 Å². The molecule has 0 spiro atoms. The zero-order valence-electron chi connectivity index (χ0n) is 9.26. The highest BCUT2D eigenvalue weighted by atomic mass is 16.3. The van der Waals surface area contributed by atoms with Crippen LogP contribution in [0.2, 0.25) is 0 Å². The van der Waals surface area contributed by atoms with Gasteiger partial charge in [0.05, 0.1) is 0 Å². The molecular weight excluding hydrogens is 212 g/mol. The number of hydrogen-bond acceptors (Lipinski definition) is 3. The lowest BCUT2D eigenvalue weighted by atomic mass is 10.1. The van der Waals surface area contributed by atoms with E-state index in [0.717, 1.165) is 22.3 Å². The summed E-state index contributed by atoms with van der Waals surface area (Å²) in [5, 5.41) is 1.12. The fraction of sp³-hybridized carbons (Fsp3) is 0.0714. The van der Waals surface area contributed by atoms with E-state index < -0.39 is 0 Å². The van der Waals surface area contributed by atoms with Crippen molar-refractivity contribution in [3.63, 3.8) is 0 Å². The molecule has 0 radical (unpaired) electrons. The highest BCUT2D eigenvalue weighted by Gasteiger charge is 2.06. The van der Waals surface area contributed by atoms with Gasteiger partial charge in [0, 0.05) is 23.6 Å². The van der Waals surface area contributed by atoms with E-state index >= 15 is 0 Å². The fourth-order valence-corrected chi connectivity index (χ4v) is 1.91. The van der Waals surface area contributed by atoms with Gasteiger partial charge in [-0.1, -0.05) is 24.3 Å². The summed E-state index contributed by atoms with van der Waals surface area (Å²) in [6.07, 6.45) is 2.37. The molecular formula is C14H12N2O. The first-order valence-electron chi connectivity index (χ1n) is 5.50. The number of fused-ring (bicyclic) bond motifs is 1. The van der Waals surface area contributed by atoms with Crippen LogP contribution in [0.5, 0.6) is 0 Å². The van der Waals surface area contributed by atoms with Gasteiger partial charge in [-0.2, -0.15) is 0 Å². The van der Waals surface area contributed by atoms with Gasteiger partial charge in [-0.3, -0.25) is 0 Å². The number of nitrogens with two attached hydrogens (primary N) is 1. The Balaban J connectivity index is 1.98. The summed E-state index contributed by atoms with van der Waals surface area (Å²) >= 11 is 0. The van der Waals surface area contributed by atoms with Crippen LogP contribution < -0.4 is 5.73 Å². The smallest absolute Gasteiger partial charge is 0.134 e. The second-order valence-electron chi connectivity index (χ2n) is 3.98. The second kappa shape index (κ2) is 3.94. The monoisotopic (exact) mass is 224 g/mol. The summed E-state index contributed by atoms with van der Waals surface area (Å²) < 4.78 is 5.74. The second-order valence-corrected chi connectivity index (χ2v) is 3.98. The largest absolute Gasteiger partial charge is 0.461 e. The van der Waals surface area contributed by atoms with Crippen molar-refractivity contribution in [3.8, 4) is 0 Å². The number of anilines is 1. The molecule has 17 heavy (non-hydrogen) atoms. The summed E-state index contributed by atoms with van der Waals surface area (Å²) in [5.41, 5.74) is 7.71. The molecule has 0 amide bonds. The van der Waals surface area contributed by atoms with E-state index in [2.05, 4.69) is 4.98 Å². The van der Waals surface area contributed by atoms with Gasteiger partial charge in [-0.15, -0.1) is 0 Å². The summed E-state index contributed by atoms with van der Waals surface area (Å²) in [7, 11) is 0. The minimum Gasteiger partial charge on any atom is -0.461 e. The average molecular weight is 224 g/mol. The van der Waals surface area contributed by atoms with Crippen LogP contribution in [-0.4, -0.2) is 4.98 Å². The van der Waals surface area contributed by atoms with Crippen molar-refractivity contribution in [3.05, 3.63) is 60.0 Å².